The number of rotatable bonds is 4. The standard InChI is InChI=1S/C20H19NO2/c1-2-13-21-20(22)23-19-14-17-9-4-3-7-15(17)11-12-16-8-5-6-10-18(16)19/h1,3-12,19-22H,13-14H2/b12-11-. The third-order valence-electron chi connectivity index (χ3n) is 3.92. The molecule has 0 heterocycles. The maximum atomic E-state index is 10.0. The van der Waals surface area contributed by atoms with Gasteiger partial charge in [-0.15, -0.1) is 6.42 Å². The Morgan fingerprint density at radius 1 is 1.13 bits per heavy atom. The van der Waals surface area contributed by atoms with Crippen molar-refractivity contribution in [3.05, 3.63) is 70.8 Å². The topological polar surface area (TPSA) is 41.5 Å². The van der Waals surface area contributed by atoms with Crippen LogP contribution in [0, 0.1) is 12.3 Å². The van der Waals surface area contributed by atoms with Gasteiger partial charge in [-0.25, -0.2) is 0 Å². The SMILES string of the molecule is C#CCNC(O)OC1Cc2ccccc2/C=C\c2ccccc21. The fourth-order valence-corrected chi connectivity index (χ4v) is 2.80. The molecule has 0 aliphatic heterocycles. The fourth-order valence-electron chi connectivity index (χ4n) is 2.80. The van der Waals surface area contributed by atoms with Crippen molar-refractivity contribution in [1.82, 2.24) is 5.32 Å². The van der Waals surface area contributed by atoms with E-state index < -0.39 is 6.41 Å². The molecular formula is C20H19NO2. The van der Waals surface area contributed by atoms with Gasteiger partial charge in [0.05, 0.1) is 12.6 Å². The van der Waals surface area contributed by atoms with Crippen molar-refractivity contribution in [1.29, 1.82) is 0 Å². The smallest absolute Gasteiger partial charge is 0.214 e. The number of ether oxygens (including phenoxy) is 1. The number of aliphatic hydroxyl groups is 1. The maximum absolute atomic E-state index is 10.0. The molecule has 0 saturated heterocycles. The van der Waals surface area contributed by atoms with Crippen LogP contribution < -0.4 is 5.32 Å². The van der Waals surface area contributed by atoms with Crippen molar-refractivity contribution in [3.8, 4) is 12.3 Å². The Bertz CT molecular complexity index is 745. The average molecular weight is 305 g/mol. The van der Waals surface area contributed by atoms with Crippen LogP contribution in [-0.4, -0.2) is 18.1 Å². The minimum Gasteiger partial charge on any atom is -0.356 e. The maximum Gasteiger partial charge on any atom is 0.214 e. The van der Waals surface area contributed by atoms with Crippen LogP contribution in [0.15, 0.2) is 48.5 Å². The van der Waals surface area contributed by atoms with Crippen LogP contribution in [-0.2, 0) is 11.2 Å². The molecular weight excluding hydrogens is 286 g/mol. The minimum atomic E-state index is -1.10. The zero-order valence-electron chi connectivity index (χ0n) is 12.8. The third-order valence-corrected chi connectivity index (χ3v) is 3.92. The van der Waals surface area contributed by atoms with E-state index in [0.717, 1.165) is 11.1 Å². The summed E-state index contributed by atoms with van der Waals surface area (Å²) in [6, 6.07) is 16.3. The Labute approximate surface area is 136 Å². The molecule has 3 nitrogen and oxygen atoms in total. The van der Waals surface area contributed by atoms with Crippen LogP contribution in [0.25, 0.3) is 12.2 Å². The van der Waals surface area contributed by atoms with E-state index in [1.54, 1.807) is 0 Å². The normalized spacial score (nSPS) is 18.7. The summed E-state index contributed by atoms with van der Waals surface area (Å²) < 4.78 is 5.83. The van der Waals surface area contributed by atoms with E-state index in [0.29, 0.717) is 6.42 Å². The van der Waals surface area contributed by atoms with Gasteiger partial charge in [-0.3, -0.25) is 5.32 Å². The molecule has 23 heavy (non-hydrogen) atoms. The zero-order valence-corrected chi connectivity index (χ0v) is 12.8. The monoisotopic (exact) mass is 305 g/mol. The number of hydrogen-bond acceptors (Lipinski definition) is 3. The van der Waals surface area contributed by atoms with Crippen molar-refractivity contribution in [3.63, 3.8) is 0 Å². The van der Waals surface area contributed by atoms with E-state index in [4.69, 9.17) is 11.2 Å². The Kier molecular flexibility index (Phi) is 4.89. The lowest BCUT2D eigenvalue weighted by atomic mass is 9.91. The Morgan fingerprint density at radius 3 is 2.65 bits per heavy atom. The molecule has 2 unspecified atom stereocenters. The van der Waals surface area contributed by atoms with Gasteiger partial charge in [-0.2, -0.15) is 0 Å². The highest BCUT2D eigenvalue weighted by atomic mass is 16.6. The van der Waals surface area contributed by atoms with E-state index in [2.05, 4.69) is 41.6 Å². The number of benzene rings is 2. The van der Waals surface area contributed by atoms with Gasteiger partial charge in [0.25, 0.3) is 0 Å². The first-order chi connectivity index (χ1) is 11.3. The number of fused-ring (bicyclic) bond motifs is 2. The summed E-state index contributed by atoms with van der Waals surface area (Å²) in [7, 11) is 0. The molecule has 0 radical (unpaired) electrons. The number of aliphatic hydroxyl groups excluding tert-OH is 1. The van der Waals surface area contributed by atoms with E-state index in [-0.39, 0.29) is 12.6 Å². The van der Waals surface area contributed by atoms with Crippen LogP contribution >= 0.6 is 0 Å². The highest BCUT2D eigenvalue weighted by Crippen LogP contribution is 2.31. The van der Waals surface area contributed by atoms with Crippen LogP contribution in [0.2, 0.25) is 0 Å². The van der Waals surface area contributed by atoms with Gasteiger partial charge >= 0.3 is 0 Å². The first-order valence-corrected chi connectivity index (χ1v) is 7.63. The summed E-state index contributed by atoms with van der Waals surface area (Å²) in [6.45, 7) is 0.256. The second kappa shape index (κ2) is 7.26. The van der Waals surface area contributed by atoms with Crippen molar-refractivity contribution in [2.45, 2.75) is 18.9 Å². The molecule has 3 heteroatoms. The molecule has 3 rings (SSSR count). The molecule has 1 aliphatic rings. The van der Waals surface area contributed by atoms with E-state index >= 15 is 0 Å². The minimum absolute atomic E-state index is 0.252. The van der Waals surface area contributed by atoms with Crippen molar-refractivity contribution < 1.29 is 9.84 Å². The molecule has 2 atom stereocenters. The van der Waals surface area contributed by atoms with Crippen LogP contribution in [0.1, 0.15) is 28.4 Å². The molecule has 2 N–H and O–H groups in total. The first-order valence-electron chi connectivity index (χ1n) is 7.63. The first kappa shape index (κ1) is 15.5. The van der Waals surface area contributed by atoms with Crippen molar-refractivity contribution in [2.24, 2.45) is 0 Å². The van der Waals surface area contributed by atoms with Gasteiger partial charge in [0.2, 0.25) is 6.41 Å². The second-order valence-corrected chi connectivity index (χ2v) is 5.43. The number of nitrogens with one attached hydrogen (secondary N) is 1. The fraction of sp³-hybridized carbons (Fsp3) is 0.200. The van der Waals surface area contributed by atoms with E-state index in [1.807, 2.05) is 30.3 Å². The molecule has 0 amide bonds. The summed E-state index contributed by atoms with van der Waals surface area (Å²) in [5, 5.41) is 12.8. The summed E-state index contributed by atoms with van der Waals surface area (Å²) in [4.78, 5) is 0. The van der Waals surface area contributed by atoms with E-state index in [1.165, 1.54) is 11.1 Å². The molecule has 1 aliphatic carbocycles. The van der Waals surface area contributed by atoms with Gasteiger partial charge in [-0.05, 0) is 22.3 Å². The van der Waals surface area contributed by atoms with E-state index in [9.17, 15) is 5.11 Å². The lowest BCUT2D eigenvalue weighted by molar-refractivity contribution is -0.154. The second-order valence-electron chi connectivity index (χ2n) is 5.43. The molecule has 0 saturated carbocycles. The van der Waals surface area contributed by atoms with Gasteiger partial charge in [0.15, 0.2) is 0 Å². The molecule has 0 aromatic heterocycles. The van der Waals surface area contributed by atoms with Gasteiger partial charge in [-0.1, -0.05) is 66.6 Å². The Morgan fingerprint density at radius 2 is 1.83 bits per heavy atom. The third kappa shape index (κ3) is 3.69. The number of hydrogen-bond donors (Lipinski definition) is 2. The molecule has 2 aromatic carbocycles. The molecule has 0 fully saturated rings. The highest BCUT2D eigenvalue weighted by Gasteiger charge is 2.21. The lowest BCUT2D eigenvalue weighted by Crippen LogP contribution is -2.33. The predicted molar refractivity (Wildman–Crippen MR) is 92.2 cm³/mol. The lowest BCUT2D eigenvalue weighted by Gasteiger charge is -2.25. The van der Waals surface area contributed by atoms with Gasteiger partial charge < -0.3 is 9.84 Å². The zero-order chi connectivity index (χ0) is 16.1. The summed E-state index contributed by atoms with van der Waals surface area (Å²) in [5.41, 5.74) is 4.50. The molecule has 0 spiro atoms. The van der Waals surface area contributed by atoms with Crippen molar-refractivity contribution >= 4 is 12.2 Å². The number of terminal acetylenes is 1. The van der Waals surface area contributed by atoms with Crippen molar-refractivity contribution in [2.75, 3.05) is 6.54 Å². The summed E-state index contributed by atoms with van der Waals surface area (Å²) >= 11 is 0. The van der Waals surface area contributed by atoms with Gasteiger partial charge in [0, 0.05) is 6.42 Å². The predicted octanol–water partition coefficient (Wildman–Crippen LogP) is 2.97. The van der Waals surface area contributed by atoms with Crippen LogP contribution in [0.4, 0.5) is 0 Å². The molecule has 0 bridgehead atoms. The van der Waals surface area contributed by atoms with Crippen LogP contribution in [0.3, 0.4) is 0 Å². The largest absolute Gasteiger partial charge is 0.356 e. The quantitative estimate of drug-likeness (QED) is 0.674. The Hall–Kier alpha value is -2.38. The summed E-state index contributed by atoms with van der Waals surface area (Å²) in [6.07, 6.45) is 8.75. The molecule has 116 valence electrons. The average Bonchev–Trinajstić information content (AvgIpc) is 2.57. The molecule has 2 aromatic rings. The Balaban J connectivity index is 1.94. The van der Waals surface area contributed by atoms with Crippen LogP contribution in [0.5, 0.6) is 0 Å². The highest BCUT2D eigenvalue weighted by molar-refractivity contribution is 5.73. The summed E-state index contributed by atoms with van der Waals surface area (Å²) in [5.74, 6) is 2.43. The van der Waals surface area contributed by atoms with Gasteiger partial charge in [0.1, 0.15) is 0 Å².